The van der Waals surface area contributed by atoms with Crippen LogP contribution in [0.25, 0.3) is 21.9 Å². The van der Waals surface area contributed by atoms with Gasteiger partial charge in [0.15, 0.2) is 0 Å². The maximum absolute atomic E-state index is 13.3. The number of aromatic nitrogens is 1. The first-order valence-electron chi connectivity index (χ1n) is 10.8. The monoisotopic (exact) mass is 435 g/mol. The summed E-state index contributed by atoms with van der Waals surface area (Å²) < 4.78 is 6.60. The second-order valence-electron chi connectivity index (χ2n) is 7.95. The average molecular weight is 436 g/mol. The number of benzene rings is 2. The highest BCUT2D eigenvalue weighted by Gasteiger charge is 2.19. The Morgan fingerprint density at radius 1 is 1.09 bits per heavy atom. The van der Waals surface area contributed by atoms with Crippen molar-refractivity contribution < 1.29 is 14.3 Å². The minimum absolute atomic E-state index is 0.132. The lowest BCUT2D eigenvalue weighted by atomic mass is 9.95. The van der Waals surface area contributed by atoms with Crippen LogP contribution in [0.15, 0.2) is 53.3 Å². The lowest BCUT2D eigenvalue weighted by molar-refractivity contribution is -0.141. The Kier molecular flexibility index (Phi) is 7.43. The van der Waals surface area contributed by atoms with E-state index in [-0.39, 0.29) is 31.2 Å². The van der Waals surface area contributed by atoms with Gasteiger partial charge in [0, 0.05) is 35.3 Å². The Balaban J connectivity index is 2.19. The standard InChI is InChI=1S/C25H29N3O4/c1-4-32-22(29)14-27-24(30)18-10-11-19-20(12-18)23(17-8-6-5-7-9-17)21(13-26)28(25(19)31)15-16(2)3/h5-12,16H,4,13-15,26H2,1-3H3,(H,27,30). The molecule has 3 rings (SSSR count). The summed E-state index contributed by atoms with van der Waals surface area (Å²) in [6.45, 7) is 6.56. The van der Waals surface area contributed by atoms with Crippen LogP contribution in [0, 0.1) is 5.92 Å². The minimum atomic E-state index is -0.506. The van der Waals surface area contributed by atoms with Crippen molar-refractivity contribution in [1.29, 1.82) is 0 Å². The molecule has 1 aromatic heterocycles. The maximum atomic E-state index is 13.3. The lowest BCUT2D eigenvalue weighted by Gasteiger charge is -2.21. The Morgan fingerprint density at radius 2 is 1.81 bits per heavy atom. The van der Waals surface area contributed by atoms with Gasteiger partial charge < -0.3 is 20.4 Å². The van der Waals surface area contributed by atoms with Crippen molar-refractivity contribution >= 4 is 22.6 Å². The third-order valence-electron chi connectivity index (χ3n) is 5.14. The number of amides is 1. The first-order valence-corrected chi connectivity index (χ1v) is 10.8. The second-order valence-corrected chi connectivity index (χ2v) is 7.95. The van der Waals surface area contributed by atoms with Crippen molar-refractivity contribution in [3.05, 3.63) is 70.1 Å². The zero-order valence-electron chi connectivity index (χ0n) is 18.7. The third-order valence-corrected chi connectivity index (χ3v) is 5.14. The maximum Gasteiger partial charge on any atom is 0.325 e. The molecule has 0 atom stereocenters. The van der Waals surface area contributed by atoms with Gasteiger partial charge in [-0.05, 0) is 42.0 Å². The molecule has 3 N–H and O–H groups in total. The summed E-state index contributed by atoms with van der Waals surface area (Å²) in [6, 6.07) is 14.7. The summed E-state index contributed by atoms with van der Waals surface area (Å²) in [7, 11) is 0. The first kappa shape index (κ1) is 23.2. The molecule has 1 heterocycles. The van der Waals surface area contributed by atoms with E-state index in [1.54, 1.807) is 29.7 Å². The molecular formula is C25H29N3O4. The van der Waals surface area contributed by atoms with Gasteiger partial charge in [-0.1, -0.05) is 44.2 Å². The number of carbonyl (C=O) groups is 2. The number of ether oxygens (including phenoxy) is 1. The van der Waals surface area contributed by atoms with Crippen LogP contribution in [0.2, 0.25) is 0 Å². The lowest BCUT2D eigenvalue weighted by Crippen LogP contribution is -2.31. The molecule has 0 bridgehead atoms. The molecule has 0 radical (unpaired) electrons. The molecular weight excluding hydrogens is 406 g/mol. The molecule has 3 aromatic rings. The molecule has 0 saturated heterocycles. The summed E-state index contributed by atoms with van der Waals surface area (Å²) in [5, 5.41) is 3.74. The van der Waals surface area contributed by atoms with Crippen LogP contribution in [0.5, 0.6) is 0 Å². The van der Waals surface area contributed by atoms with Crippen LogP contribution in [0.1, 0.15) is 36.8 Å². The van der Waals surface area contributed by atoms with Gasteiger partial charge in [0.1, 0.15) is 6.54 Å². The molecule has 0 unspecified atom stereocenters. The van der Waals surface area contributed by atoms with Crippen LogP contribution in [0.4, 0.5) is 0 Å². The fourth-order valence-corrected chi connectivity index (χ4v) is 3.80. The van der Waals surface area contributed by atoms with E-state index in [0.29, 0.717) is 22.9 Å². The van der Waals surface area contributed by atoms with Gasteiger partial charge in [0.25, 0.3) is 11.5 Å². The molecule has 0 aliphatic carbocycles. The van der Waals surface area contributed by atoms with Gasteiger partial charge in [-0.25, -0.2) is 0 Å². The number of carbonyl (C=O) groups excluding carboxylic acids is 2. The zero-order chi connectivity index (χ0) is 23.3. The molecule has 0 saturated carbocycles. The van der Waals surface area contributed by atoms with E-state index >= 15 is 0 Å². The number of fused-ring (bicyclic) bond motifs is 1. The SMILES string of the molecule is CCOC(=O)CNC(=O)c1ccc2c(=O)n(CC(C)C)c(CN)c(-c3ccccc3)c2c1. The van der Waals surface area contributed by atoms with Crippen LogP contribution in [-0.2, 0) is 22.6 Å². The Labute approximate surface area is 187 Å². The second kappa shape index (κ2) is 10.2. The molecule has 0 fully saturated rings. The van der Waals surface area contributed by atoms with Crippen LogP contribution < -0.4 is 16.6 Å². The quantitative estimate of drug-likeness (QED) is 0.529. The normalized spacial score (nSPS) is 11.0. The van der Waals surface area contributed by atoms with Crippen molar-refractivity contribution in [1.82, 2.24) is 9.88 Å². The molecule has 0 aliphatic heterocycles. The van der Waals surface area contributed by atoms with E-state index in [1.165, 1.54) is 0 Å². The summed E-state index contributed by atoms with van der Waals surface area (Å²) in [5.74, 6) is -0.666. The smallest absolute Gasteiger partial charge is 0.325 e. The number of nitrogens with one attached hydrogen (secondary N) is 1. The minimum Gasteiger partial charge on any atom is -0.465 e. The third kappa shape index (κ3) is 4.89. The number of rotatable bonds is 8. The Morgan fingerprint density at radius 3 is 2.44 bits per heavy atom. The van der Waals surface area contributed by atoms with E-state index in [9.17, 15) is 14.4 Å². The fourth-order valence-electron chi connectivity index (χ4n) is 3.80. The summed E-state index contributed by atoms with van der Waals surface area (Å²) in [5.41, 5.74) is 8.84. The van der Waals surface area contributed by atoms with E-state index in [1.807, 2.05) is 30.3 Å². The van der Waals surface area contributed by atoms with E-state index in [2.05, 4.69) is 19.2 Å². The fraction of sp³-hybridized carbons (Fsp3) is 0.320. The average Bonchev–Trinajstić information content (AvgIpc) is 2.79. The number of nitrogens with two attached hydrogens (primary N) is 1. The number of hydrogen-bond donors (Lipinski definition) is 2. The predicted molar refractivity (Wildman–Crippen MR) is 125 cm³/mol. The first-order chi connectivity index (χ1) is 15.4. The molecule has 0 aliphatic rings. The van der Waals surface area contributed by atoms with Crippen LogP contribution in [-0.4, -0.2) is 29.6 Å². The summed E-state index contributed by atoms with van der Waals surface area (Å²) >= 11 is 0. The highest BCUT2D eigenvalue weighted by molar-refractivity contribution is 6.04. The predicted octanol–water partition coefficient (Wildman–Crippen LogP) is 3.08. The molecule has 2 aromatic carbocycles. The van der Waals surface area contributed by atoms with Gasteiger partial charge in [-0.3, -0.25) is 14.4 Å². The number of nitrogens with zero attached hydrogens (tertiary/aromatic N) is 1. The number of hydrogen-bond acceptors (Lipinski definition) is 5. The molecule has 7 nitrogen and oxygen atoms in total. The van der Waals surface area contributed by atoms with Crippen LogP contribution >= 0.6 is 0 Å². The Hall–Kier alpha value is -3.45. The van der Waals surface area contributed by atoms with E-state index < -0.39 is 11.9 Å². The van der Waals surface area contributed by atoms with Crippen LogP contribution in [0.3, 0.4) is 0 Å². The van der Waals surface area contributed by atoms with Crippen molar-refractivity contribution in [2.45, 2.75) is 33.9 Å². The molecule has 0 spiro atoms. The molecule has 7 heteroatoms. The van der Waals surface area contributed by atoms with Gasteiger partial charge in [0.05, 0.1) is 6.61 Å². The topological polar surface area (TPSA) is 103 Å². The molecule has 1 amide bonds. The number of esters is 1. The highest BCUT2D eigenvalue weighted by Crippen LogP contribution is 2.31. The van der Waals surface area contributed by atoms with Crippen molar-refractivity contribution in [3.8, 4) is 11.1 Å². The Bertz CT molecular complexity index is 1180. The largest absolute Gasteiger partial charge is 0.465 e. The van der Waals surface area contributed by atoms with Gasteiger partial charge >= 0.3 is 5.97 Å². The van der Waals surface area contributed by atoms with E-state index in [0.717, 1.165) is 16.8 Å². The summed E-state index contributed by atoms with van der Waals surface area (Å²) in [6.07, 6.45) is 0. The summed E-state index contributed by atoms with van der Waals surface area (Å²) in [4.78, 5) is 37.6. The number of pyridine rings is 1. The van der Waals surface area contributed by atoms with E-state index in [4.69, 9.17) is 10.5 Å². The van der Waals surface area contributed by atoms with Gasteiger partial charge in [0.2, 0.25) is 0 Å². The highest BCUT2D eigenvalue weighted by atomic mass is 16.5. The van der Waals surface area contributed by atoms with Crippen molar-refractivity contribution in [3.63, 3.8) is 0 Å². The molecule has 32 heavy (non-hydrogen) atoms. The van der Waals surface area contributed by atoms with Crippen molar-refractivity contribution in [2.75, 3.05) is 13.2 Å². The van der Waals surface area contributed by atoms with Crippen molar-refractivity contribution in [2.24, 2.45) is 11.7 Å². The van der Waals surface area contributed by atoms with Gasteiger partial charge in [-0.2, -0.15) is 0 Å². The van der Waals surface area contributed by atoms with Gasteiger partial charge in [-0.15, -0.1) is 0 Å². The molecule has 168 valence electrons. The zero-order valence-corrected chi connectivity index (χ0v) is 18.7.